The molecule has 1 aromatic carbocycles. The molecule has 1 atom stereocenters. The van der Waals surface area contributed by atoms with Crippen molar-refractivity contribution in [1.82, 2.24) is 0 Å². The lowest BCUT2D eigenvalue weighted by Gasteiger charge is -2.31. The number of hydrogen-bond donors (Lipinski definition) is 1. The molecular weight excluding hydrogens is 258 g/mol. The average molecular weight is 275 g/mol. The summed E-state index contributed by atoms with van der Waals surface area (Å²) in [6, 6.07) is 5.12. The van der Waals surface area contributed by atoms with Gasteiger partial charge in [-0.05, 0) is 43.4 Å². The highest BCUT2D eigenvalue weighted by molar-refractivity contribution is 6.00. The molecule has 1 fully saturated rings. The maximum atomic E-state index is 12.5. The number of hydrogen-bond acceptors (Lipinski definition) is 3. The molecule has 5 nitrogen and oxygen atoms in total. The molecule has 2 aliphatic rings. The lowest BCUT2D eigenvalue weighted by Crippen LogP contribution is -2.42. The van der Waals surface area contributed by atoms with E-state index in [1.807, 2.05) is 6.07 Å². The Labute approximate surface area is 117 Å². The number of amides is 1. The van der Waals surface area contributed by atoms with Crippen LogP contribution in [0.25, 0.3) is 0 Å². The predicted molar refractivity (Wildman–Crippen MR) is 73.0 cm³/mol. The molecule has 0 aromatic heterocycles. The molecule has 2 aliphatic heterocycles. The molecule has 1 amide bonds. The Morgan fingerprint density at radius 3 is 2.85 bits per heavy atom. The molecule has 3 rings (SSSR count). The lowest BCUT2D eigenvalue weighted by molar-refractivity contribution is -0.127. The minimum Gasteiger partial charge on any atom is -0.478 e. The molecule has 1 aromatic rings. The number of benzene rings is 1. The Kier molecular flexibility index (Phi) is 3.44. The van der Waals surface area contributed by atoms with Gasteiger partial charge in [0.05, 0.1) is 5.56 Å². The number of aromatic carboxylic acids is 1. The first-order chi connectivity index (χ1) is 9.68. The fourth-order valence-corrected chi connectivity index (χ4v) is 3.00. The Hall–Kier alpha value is -1.88. The summed E-state index contributed by atoms with van der Waals surface area (Å²) in [5.41, 5.74) is 1.79. The Morgan fingerprint density at radius 2 is 2.15 bits per heavy atom. The van der Waals surface area contributed by atoms with Crippen molar-refractivity contribution in [2.24, 2.45) is 0 Å². The number of carboxylic acid groups (broad SMARTS) is 1. The zero-order valence-corrected chi connectivity index (χ0v) is 11.2. The largest absolute Gasteiger partial charge is 0.478 e. The van der Waals surface area contributed by atoms with E-state index >= 15 is 0 Å². The molecule has 0 spiro atoms. The van der Waals surface area contributed by atoms with Crippen LogP contribution in [0.15, 0.2) is 18.2 Å². The van der Waals surface area contributed by atoms with Gasteiger partial charge in [-0.1, -0.05) is 6.07 Å². The highest BCUT2D eigenvalue weighted by Gasteiger charge is 2.32. The highest BCUT2D eigenvalue weighted by atomic mass is 16.5. The minimum absolute atomic E-state index is 0.0361. The van der Waals surface area contributed by atoms with Crippen LogP contribution in [0.5, 0.6) is 0 Å². The van der Waals surface area contributed by atoms with Crippen LogP contribution in [-0.4, -0.2) is 36.2 Å². The molecular formula is C15H17NO4. The summed E-state index contributed by atoms with van der Waals surface area (Å²) in [5, 5.41) is 9.25. The van der Waals surface area contributed by atoms with Gasteiger partial charge in [-0.15, -0.1) is 0 Å². The van der Waals surface area contributed by atoms with Crippen molar-refractivity contribution in [2.45, 2.75) is 31.8 Å². The van der Waals surface area contributed by atoms with Crippen LogP contribution in [0.3, 0.4) is 0 Å². The predicted octanol–water partition coefficient (Wildman–Crippen LogP) is 1.84. The van der Waals surface area contributed by atoms with E-state index in [0.717, 1.165) is 30.5 Å². The molecule has 1 N–H and O–H groups in total. The van der Waals surface area contributed by atoms with Crippen molar-refractivity contribution < 1.29 is 19.4 Å². The summed E-state index contributed by atoms with van der Waals surface area (Å²) in [6.45, 7) is 1.26. The summed E-state index contributed by atoms with van der Waals surface area (Å²) in [7, 11) is 0. The summed E-state index contributed by atoms with van der Waals surface area (Å²) in [6.07, 6.45) is 2.78. The van der Waals surface area contributed by atoms with Crippen LogP contribution in [0.2, 0.25) is 0 Å². The van der Waals surface area contributed by atoms with Crippen molar-refractivity contribution in [2.75, 3.05) is 18.1 Å². The maximum absolute atomic E-state index is 12.5. The van der Waals surface area contributed by atoms with E-state index in [1.165, 1.54) is 0 Å². The third-order valence-electron chi connectivity index (χ3n) is 3.95. The Morgan fingerprint density at radius 1 is 1.30 bits per heavy atom. The summed E-state index contributed by atoms with van der Waals surface area (Å²) < 4.78 is 5.45. The normalized spacial score (nSPS) is 21.6. The molecule has 2 heterocycles. The van der Waals surface area contributed by atoms with Crippen molar-refractivity contribution in [1.29, 1.82) is 0 Å². The molecule has 1 saturated heterocycles. The first-order valence-electron chi connectivity index (χ1n) is 6.96. The quantitative estimate of drug-likeness (QED) is 0.894. The topological polar surface area (TPSA) is 66.8 Å². The van der Waals surface area contributed by atoms with Crippen LogP contribution in [0.4, 0.5) is 5.69 Å². The number of rotatable bonds is 2. The van der Waals surface area contributed by atoms with Gasteiger partial charge in [0.25, 0.3) is 5.91 Å². The fourth-order valence-electron chi connectivity index (χ4n) is 3.00. The van der Waals surface area contributed by atoms with E-state index in [-0.39, 0.29) is 12.0 Å². The molecule has 0 radical (unpaired) electrons. The van der Waals surface area contributed by atoms with E-state index in [4.69, 9.17) is 4.74 Å². The standard InChI is InChI=1S/C15H17NO4/c17-14(13-7-3-9-20-13)16-8-2-5-10-11(15(18)19)4-1-6-12(10)16/h1,4,6,13H,2-3,5,7-9H2,(H,18,19). The van der Waals surface area contributed by atoms with Crippen LogP contribution in [-0.2, 0) is 16.0 Å². The number of carbonyl (C=O) groups excluding carboxylic acids is 1. The number of nitrogens with zero attached hydrogens (tertiary/aromatic N) is 1. The first-order valence-corrected chi connectivity index (χ1v) is 6.96. The minimum atomic E-state index is -0.937. The van der Waals surface area contributed by atoms with Gasteiger partial charge in [0.1, 0.15) is 6.10 Å². The molecule has 1 unspecified atom stereocenters. The summed E-state index contributed by atoms with van der Waals surface area (Å²) in [4.78, 5) is 25.5. The van der Waals surface area contributed by atoms with Crippen molar-refractivity contribution >= 4 is 17.6 Å². The van der Waals surface area contributed by atoms with Crippen molar-refractivity contribution in [3.05, 3.63) is 29.3 Å². The zero-order valence-electron chi connectivity index (χ0n) is 11.2. The Balaban J connectivity index is 1.95. The molecule has 5 heteroatoms. The summed E-state index contributed by atoms with van der Waals surface area (Å²) in [5.74, 6) is -0.973. The third kappa shape index (κ3) is 2.18. The second-order valence-electron chi connectivity index (χ2n) is 5.20. The smallest absolute Gasteiger partial charge is 0.336 e. The molecule has 20 heavy (non-hydrogen) atoms. The van der Waals surface area contributed by atoms with Gasteiger partial charge in [-0.3, -0.25) is 4.79 Å². The summed E-state index contributed by atoms with van der Waals surface area (Å²) >= 11 is 0. The van der Waals surface area contributed by atoms with Gasteiger partial charge >= 0.3 is 5.97 Å². The monoisotopic (exact) mass is 275 g/mol. The highest BCUT2D eigenvalue weighted by Crippen LogP contribution is 2.31. The van der Waals surface area contributed by atoms with Crippen molar-refractivity contribution in [3.63, 3.8) is 0 Å². The lowest BCUT2D eigenvalue weighted by atomic mass is 9.95. The number of carboxylic acids is 1. The van der Waals surface area contributed by atoms with Crippen LogP contribution in [0, 0.1) is 0 Å². The van der Waals surface area contributed by atoms with Gasteiger partial charge in [-0.2, -0.15) is 0 Å². The van der Waals surface area contributed by atoms with Gasteiger partial charge < -0.3 is 14.7 Å². The Bertz CT molecular complexity index is 549. The van der Waals surface area contributed by atoms with Crippen LogP contribution >= 0.6 is 0 Å². The molecule has 0 aliphatic carbocycles. The first kappa shape index (κ1) is 13.1. The van der Waals surface area contributed by atoms with Gasteiger partial charge in [0.15, 0.2) is 0 Å². The number of carbonyl (C=O) groups is 2. The second kappa shape index (κ2) is 5.25. The van der Waals surface area contributed by atoms with E-state index in [2.05, 4.69) is 0 Å². The van der Waals surface area contributed by atoms with Crippen LogP contribution < -0.4 is 4.90 Å². The number of anilines is 1. The number of fused-ring (bicyclic) bond motifs is 1. The second-order valence-corrected chi connectivity index (χ2v) is 5.20. The van der Waals surface area contributed by atoms with E-state index in [1.54, 1.807) is 17.0 Å². The zero-order chi connectivity index (χ0) is 14.1. The fraction of sp³-hybridized carbons (Fsp3) is 0.467. The van der Waals surface area contributed by atoms with E-state index in [0.29, 0.717) is 25.1 Å². The van der Waals surface area contributed by atoms with Crippen LogP contribution in [0.1, 0.15) is 35.2 Å². The SMILES string of the molecule is O=C(O)c1cccc2c1CCCN2C(=O)C1CCCO1. The van der Waals surface area contributed by atoms with Gasteiger partial charge in [0.2, 0.25) is 0 Å². The van der Waals surface area contributed by atoms with E-state index < -0.39 is 5.97 Å². The van der Waals surface area contributed by atoms with Gasteiger partial charge in [-0.25, -0.2) is 4.79 Å². The molecule has 0 bridgehead atoms. The third-order valence-corrected chi connectivity index (χ3v) is 3.95. The van der Waals surface area contributed by atoms with Gasteiger partial charge in [0, 0.05) is 18.8 Å². The molecule has 0 saturated carbocycles. The van der Waals surface area contributed by atoms with Crippen molar-refractivity contribution in [3.8, 4) is 0 Å². The maximum Gasteiger partial charge on any atom is 0.336 e. The number of ether oxygens (including phenoxy) is 1. The average Bonchev–Trinajstić information content (AvgIpc) is 2.99. The van der Waals surface area contributed by atoms with E-state index in [9.17, 15) is 14.7 Å². The molecule has 106 valence electrons.